The average Bonchev–Trinajstić information content (AvgIpc) is 2.59. The number of halogens is 1. The van der Waals surface area contributed by atoms with Crippen molar-refractivity contribution in [2.24, 2.45) is 5.92 Å². The summed E-state index contributed by atoms with van der Waals surface area (Å²) >= 11 is 5.83. The molecule has 0 saturated carbocycles. The van der Waals surface area contributed by atoms with Crippen LogP contribution in [0.3, 0.4) is 0 Å². The molecule has 0 aromatic heterocycles. The van der Waals surface area contributed by atoms with Gasteiger partial charge >= 0.3 is 0 Å². The van der Waals surface area contributed by atoms with Crippen LogP contribution in [0.4, 0.5) is 5.69 Å². The Kier molecular flexibility index (Phi) is 5.16. The molecule has 2 aromatic carbocycles. The van der Waals surface area contributed by atoms with Gasteiger partial charge < -0.3 is 10.6 Å². The number of para-hydroxylation sites is 1. The first-order valence-electron chi connectivity index (χ1n) is 8.02. The second kappa shape index (κ2) is 7.49. The fraction of sp³-hybridized carbons (Fsp3) is 0.263. The van der Waals surface area contributed by atoms with Gasteiger partial charge in [-0.1, -0.05) is 41.9 Å². The van der Waals surface area contributed by atoms with Crippen molar-refractivity contribution in [2.45, 2.75) is 25.8 Å². The summed E-state index contributed by atoms with van der Waals surface area (Å²) in [7, 11) is 0. The number of carbonyl (C=O) groups is 2. The monoisotopic (exact) mass is 342 g/mol. The minimum Gasteiger partial charge on any atom is -0.352 e. The summed E-state index contributed by atoms with van der Waals surface area (Å²) in [5.74, 6) is -0.197. The van der Waals surface area contributed by atoms with Gasteiger partial charge in [-0.25, -0.2) is 0 Å². The molecule has 0 bridgehead atoms. The van der Waals surface area contributed by atoms with Crippen LogP contribution in [-0.2, 0) is 22.6 Å². The molecule has 0 radical (unpaired) electrons. The summed E-state index contributed by atoms with van der Waals surface area (Å²) in [4.78, 5) is 24.1. The van der Waals surface area contributed by atoms with Crippen LogP contribution in [-0.4, -0.2) is 11.8 Å². The maximum absolute atomic E-state index is 12.1. The Morgan fingerprint density at radius 3 is 2.71 bits per heavy atom. The van der Waals surface area contributed by atoms with Gasteiger partial charge in [0.15, 0.2) is 0 Å². The molecule has 1 atom stereocenters. The molecule has 124 valence electrons. The molecular weight excluding hydrogens is 324 g/mol. The fourth-order valence-electron chi connectivity index (χ4n) is 2.84. The van der Waals surface area contributed by atoms with Gasteiger partial charge in [0.2, 0.25) is 11.8 Å². The highest BCUT2D eigenvalue weighted by atomic mass is 35.5. The van der Waals surface area contributed by atoms with Crippen molar-refractivity contribution in [2.75, 3.05) is 5.32 Å². The van der Waals surface area contributed by atoms with E-state index in [0.717, 1.165) is 16.8 Å². The van der Waals surface area contributed by atoms with E-state index in [-0.39, 0.29) is 17.7 Å². The highest BCUT2D eigenvalue weighted by molar-refractivity contribution is 6.30. The van der Waals surface area contributed by atoms with E-state index in [4.69, 9.17) is 11.6 Å². The van der Waals surface area contributed by atoms with E-state index in [2.05, 4.69) is 10.6 Å². The van der Waals surface area contributed by atoms with Gasteiger partial charge in [-0.15, -0.1) is 0 Å². The van der Waals surface area contributed by atoms with Gasteiger partial charge in [-0.05, 0) is 42.2 Å². The maximum Gasteiger partial charge on any atom is 0.227 e. The van der Waals surface area contributed by atoms with E-state index in [1.54, 1.807) is 12.1 Å². The average molecular weight is 343 g/mol. The molecule has 2 amide bonds. The molecule has 3 rings (SSSR count). The number of fused-ring (bicyclic) bond motifs is 1. The first kappa shape index (κ1) is 16.5. The number of benzene rings is 2. The Labute approximate surface area is 146 Å². The molecule has 2 N–H and O–H groups in total. The summed E-state index contributed by atoms with van der Waals surface area (Å²) in [6.07, 6.45) is 1.58. The van der Waals surface area contributed by atoms with Crippen LogP contribution in [0.15, 0.2) is 48.5 Å². The number of rotatable bonds is 5. The van der Waals surface area contributed by atoms with Crippen molar-refractivity contribution in [1.29, 1.82) is 0 Å². The van der Waals surface area contributed by atoms with E-state index < -0.39 is 0 Å². The van der Waals surface area contributed by atoms with Crippen molar-refractivity contribution in [1.82, 2.24) is 5.32 Å². The molecule has 0 aliphatic carbocycles. The first-order chi connectivity index (χ1) is 11.6. The van der Waals surface area contributed by atoms with Gasteiger partial charge in [-0.3, -0.25) is 9.59 Å². The van der Waals surface area contributed by atoms with Gasteiger partial charge in [-0.2, -0.15) is 0 Å². The molecular formula is C19H19ClN2O2. The van der Waals surface area contributed by atoms with Crippen LogP contribution >= 0.6 is 11.6 Å². The molecule has 5 heteroatoms. The zero-order valence-corrected chi connectivity index (χ0v) is 14.0. The SMILES string of the molecule is O=C(CC[C@H]1Cc2ccccc2NC1=O)NCc1ccc(Cl)cc1. The number of carbonyl (C=O) groups excluding carboxylic acids is 2. The number of anilines is 1. The lowest BCUT2D eigenvalue weighted by atomic mass is 9.89. The molecule has 0 saturated heterocycles. The van der Waals surface area contributed by atoms with E-state index in [0.29, 0.717) is 30.8 Å². The van der Waals surface area contributed by atoms with Crippen molar-refractivity contribution >= 4 is 29.1 Å². The second-order valence-electron chi connectivity index (χ2n) is 5.99. The lowest BCUT2D eigenvalue weighted by Crippen LogP contribution is -2.31. The second-order valence-corrected chi connectivity index (χ2v) is 6.43. The summed E-state index contributed by atoms with van der Waals surface area (Å²) in [6, 6.07) is 15.2. The summed E-state index contributed by atoms with van der Waals surface area (Å²) in [5, 5.41) is 6.47. The fourth-order valence-corrected chi connectivity index (χ4v) is 2.97. The lowest BCUT2D eigenvalue weighted by molar-refractivity contribution is -0.122. The zero-order chi connectivity index (χ0) is 16.9. The van der Waals surface area contributed by atoms with Crippen LogP contribution in [0, 0.1) is 5.92 Å². The Morgan fingerprint density at radius 1 is 1.17 bits per heavy atom. The topological polar surface area (TPSA) is 58.2 Å². The smallest absolute Gasteiger partial charge is 0.227 e. The molecule has 2 aromatic rings. The summed E-state index contributed by atoms with van der Waals surface area (Å²) in [5.41, 5.74) is 3.01. The van der Waals surface area contributed by atoms with E-state index >= 15 is 0 Å². The molecule has 0 fully saturated rings. The Bertz CT molecular complexity index is 743. The van der Waals surface area contributed by atoms with Gasteiger partial charge in [0.1, 0.15) is 0 Å². The van der Waals surface area contributed by atoms with Crippen LogP contribution in [0.1, 0.15) is 24.0 Å². The Hall–Kier alpha value is -2.33. The molecule has 1 aliphatic rings. The summed E-state index contributed by atoms with van der Waals surface area (Å²) < 4.78 is 0. The minimum absolute atomic E-state index is 0.000740. The quantitative estimate of drug-likeness (QED) is 0.873. The molecule has 1 aliphatic heterocycles. The summed E-state index contributed by atoms with van der Waals surface area (Å²) in [6.45, 7) is 0.468. The standard InChI is InChI=1S/C19H19ClN2O2/c20-16-8-5-13(6-9-16)12-21-18(23)10-7-15-11-14-3-1-2-4-17(14)22-19(15)24/h1-6,8-9,15H,7,10-12H2,(H,21,23)(H,22,24)/t15-/m0/s1. The Balaban J connectivity index is 1.48. The molecule has 0 unspecified atom stereocenters. The predicted molar refractivity (Wildman–Crippen MR) is 94.8 cm³/mol. The molecule has 0 spiro atoms. The number of amides is 2. The highest BCUT2D eigenvalue weighted by Gasteiger charge is 2.26. The van der Waals surface area contributed by atoms with E-state index in [1.165, 1.54) is 0 Å². The van der Waals surface area contributed by atoms with Crippen molar-refractivity contribution in [3.8, 4) is 0 Å². The largest absolute Gasteiger partial charge is 0.352 e. The van der Waals surface area contributed by atoms with Crippen LogP contribution in [0.25, 0.3) is 0 Å². The first-order valence-corrected chi connectivity index (χ1v) is 8.39. The minimum atomic E-state index is -0.152. The van der Waals surface area contributed by atoms with Crippen molar-refractivity contribution in [3.63, 3.8) is 0 Å². The molecule has 1 heterocycles. The Morgan fingerprint density at radius 2 is 1.92 bits per heavy atom. The highest BCUT2D eigenvalue weighted by Crippen LogP contribution is 2.27. The molecule has 4 nitrogen and oxygen atoms in total. The van der Waals surface area contributed by atoms with Crippen LogP contribution in [0.2, 0.25) is 5.02 Å². The third-order valence-corrected chi connectivity index (χ3v) is 4.49. The number of hydrogen-bond donors (Lipinski definition) is 2. The van der Waals surface area contributed by atoms with Crippen LogP contribution in [0.5, 0.6) is 0 Å². The van der Waals surface area contributed by atoms with Crippen molar-refractivity contribution in [3.05, 3.63) is 64.7 Å². The number of hydrogen-bond acceptors (Lipinski definition) is 2. The van der Waals surface area contributed by atoms with Crippen molar-refractivity contribution < 1.29 is 9.59 Å². The normalized spacial score (nSPS) is 16.2. The van der Waals surface area contributed by atoms with Crippen LogP contribution < -0.4 is 10.6 Å². The zero-order valence-electron chi connectivity index (χ0n) is 13.2. The van der Waals surface area contributed by atoms with E-state index in [9.17, 15) is 9.59 Å². The lowest BCUT2D eigenvalue weighted by Gasteiger charge is -2.24. The van der Waals surface area contributed by atoms with Gasteiger partial charge in [0.05, 0.1) is 0 Å². The number of nitrogens with one attached hydrogen (secondary N) is 2. The third-order valence-electron chi connectivity index (χ3n) is 4.24. The van der Waals surface area contributed by atoms with Gasteiger partial charge in [0.25, 0.3) is 0 Å². The maximum atomic E-state index is 12.1. The van der Waals surface area contributed by atoms with E-state index in [1.807, 2.05) is 36.4 Å². The molecule has 24 heavy (non-hydrogen) atoms. The third kappa shape index (κ3) is 4.15. The predicted octanol–water partition coefficient (Wildman–Crippen LogP) is 3.55. The van der Waals surface area contributed by atoms with Gasteiger partial charge in [0, 0.05) is 29.6 Å².